The van der Waals surface area contributed by atoms with Crippen molar-refractivity contribution in [3.63, 3.8) is 0 Å². The Balaban J connectivity index is 2.55. The minimum atomic E-state index is -1.12. The van der Waals surface area contributed by atoms with Crippen LogP contribution in [0.1, 0.15) is 23.7 Å². The summed E-state index contributed by atoms with van der Waals surface area (Å²) >= 11 is 0. The molecule has 0 radical (unpaired) electrons. The lowest BCUT2D eigenvalue weighted by atomic mass is 10.1. The third-order valence-electron chi connectivity index (χ3n) is 2.74. The summed E-state index contributed by atoms with van der Waals surface area (Å²) in [5.74, 6) is -4.39. The van der Waals surface area contributed by atoms with E-state index in [0.29, 0.717) is 4.90 Å². The lowest BCUT2D eigenvalue weighted by molar-refractivity contribution is -0.120. The summed E-state index contributed by atoms with van der Waals surface area (Å²) in [5, 5.41) is 0. The number of anilines is 1. The van der Waals surface area contributed by atoms with Gasteiger partial charge in [0, 0.05) is 6.42 Å². The molecule has 1 aliphatic rings. The van der Waals surface area contributed by atoms with Crippen LogP contribution in [0.5, 0.6) is 0 Å². The monoisotopic (exact) mass is 253 g/mol. The van der Waals surface area contributed by atoms with Crippen LogP contribution in [0.2, 0.25) is 0 Å². The number of hydrogen-bond donors (Lipinski definition) is 0. The maximum absolute atomic E-state index is 13.6. The Hall–Kier alpha value is -2.11. The molecule has 2 rings (SSSR count). The molecular weight excluding hydrogens is 244 g/mol. The number of halogens is 2. The van der Waals surface area contributed by atoms with Crippen LogP contribution in [0, 0.1) is 11.6 Å². The van der Waals surface area contributed by atoms with Crippen LogP contribution in [0.3, 0.4) is 0 Å². The Morgan fingerprint density at radius 3 is 2.44 bits per heavy atom. The fraction of sp³-hybridized carbons (Fsp3) is 0.250. The number of ketones is 2. The number of carbonyl (C=O) groups is 3. The molecule has 0 unspecified atom stereocenters. The van der Waals surface area contributed by atoms with Crippen LogP contribution in [0.4, 0.5) is 14.5 Å². The van der Waals surface area contributed by atoms with E-state index in [9.17, 15) is 23.2 Å². The van der Waals surface area contributed by atoms with Crippen LogP contribution < -0.4 is 4.90 Å². The van der Waals surface area contributed by atoms with Crippen LogP contribution in [-0.2, 0) is 9.59 Å². The number of amides is 1. The maximum atomic E-state index is 13.6. The quantitative estimate of drug-likeness (QED) is 0.766. The summed E-state index contributed by atoms with van der Waals surface area (Å²) in [6, 6.07) is 1.61. The van der Waals surface area contributed by atoms with Gasteiger partial charge in [-0.3, -0.25) is 19.3 Å². The van der Waals surface area contributed by atoms with Gasteiger partial charge in [-0.25, -0.2) is 8.78 Å². The van der Waals surface area contributed by atoms with E-state index >= 15 is 0 Å². The standard InChI is InChI=1S/C12H9F2NO3/c1-2-6(16)5-15-10-8(14)4-3-7(13)9(10)11(17)12(15)18/h3-4H,2,5H2,1H3. The Kier molecular flexibility index (Phi) is 2.94. The van der Waals surface area contributed by atoms with Gasteiger partial charge >= 0.3 is 0 Å². The normalized spacial score (nSPS) is 14.1. The van der Waals surface area contributed by atoms with E-state index in [1.807, 2.05) is 0 Å². The van der Waals surface area contributed by atoms with Gasteiger partial charge < -0.3 is 0 Å². The van der Waals surface area contributed by atoms with E-state index in [-0.39, 0.29) is 12.2 Å². The molecule has 0 aromatic heterocycles. The number of fused-ring (bicyclic) bond motifs is 1. The van der Waals surface area contributed by atoms with Crippen molar-refractivity contribution < 1.29 is 23.2 Å². The maximum Gasteiger partial charge on any atom is 0.300 e. The molecule has 4 nitrogen and oxygen atoms in total. The van der Waals surface area contributed by atoms with E-state index in [1.54, 1.807) is 6.92 Å². The lowest BCUT2D eigenvalue weighted by Gasteiger charge is -2.15. The molecule has 0 N–H and O–H groups in total. The van der Waals surface area contributed by atoms with Crippen LogP contribution in [0.15, 0.2) is 12.1 Å². The second-order valence-corrected chi connectivity index (χ2v) is 3.87. The van der Waals surface area contributed by atoms with Crippen molar-refractivity contribution in [3.8, 4) is 0 Å². The lowest BCUT2D eigenvalue weighted by Crippen LogP contribution is -2.34. The number of hydrogen-bond acceptors (Lipinski definition) is 3. The van der Waals surface area contributed by atoms with E-state index in [0.717, 1.165) is 12.1 Å². The van der Waals surface area contributed by atoms with Gasteiger partial charge in [0.1, 0.15) is 11.6 Å². The molecule has 0 spiro atoms. The topological polar surface area (TPSA) is 54.5 Å². The Morgan fingerprint density at radius 1 is 1.22 bits per heavy atom. The minimum absolute atomic E-state index is 0.143. The predicted octanol–water partition coefficient (Wildman–Crippen LogP) is 1.47. The molecule has 0 aliphatic carbocycles. The largest absolute Gasteiger partial charge is 0.300 e. The van der Waals surface area contributed by atoms with Crippen molar-refractivity contribution in [1.82, 2.24) is 0 Å². The average molecular weight is 253 g/mol. The molecule has 0 fully saturated rings. The molecule has 0 saturated heterocycles. The summed E-state index contributed by atoms with van der Waals surface area (Å²) in [4.78, 5) is 35.2. The minimum Gasteiger partial charge on any atom is -0.298 e. The van der Waals surface area contributed by atoms with Crippen molar-refractivity contribution in [1.29, 1.82) is 0 Å². The fourth-order valence-corrected chi connectivity index (χ4v) is 1.79. The Labute approximate surface area is 101 Å². The summed E-state index contributed by atoms with van der Waals surface area (Å²) in [5.41, 5.74) is -1.03. The molecule has 0 bridgehead atoms. The summed E-state index contributed by atoms with van der Waals surface area (Å²) < 4.78 is 27.0. The SMILES string of the molecule is CCC(=O)CN1C(=O)C(=O)c2c(F)ccc(F)c21. The molecular formula is C12H9F2NO3. The highest BCUT2D eigenvalue weighted by Crippen LogP contribution is 2.33. The summed E-state index contributed by atoms with van der Waals surface area (Å²) in [6.07, 6.45) is 0.143. The van der Waals surface area contributed by atoms with Crippen LogP contribution in [-0.4, -0.2) is 24.0 Å². The molecule has 1 aliphatic heterocycles. The zero-order valence-electron chi connectivity index (χ0n) is 9.50. The fourth-order valence-electron chi connectivity index (χ4n) is 1.79. The van der Waals surface area contributed by atoms with Gasteiger partial charge in [0.15, 0.2) is 5.78 Å². The number of Topliss-reactive ketones (excluding diaryl/α,β-unsaturated/α-hetero) is 2. The van der Waals surface area contributed by atoms with Gasteiger partial charge in [0.25, 0.3) is 11.7 Å². The molecule has 0 saturated carbocycles. The van der Waals surface area contributed by atoms with E-state index in [1.165, 1.54) is 0 Å². The molecule has 6 heteroatoms. The van der Waals surface area contributed by atoms with Gasteiger partial charge in [-0.05, 0) is 12.1 Å². The van der Waals surface area contributed by atoms with E-state index < -0.39 is 41.1 Å². The van der Waals surface area contributed by atoms with Crippen molar-refractivity contribution in [3.05, 3.63) is 29.3 Å². The predicted molar refractivity (Wildman–Crippen MR) is 58.3 cm³/mol. The first kappa shape index (κ1) is 12.3. The zero-order valence-corrected chi connectivity index (χ0v) is 9.50. The van der Waals surface area contributed by atoms with Crippen LogP contribution in [0.25, 0.3) is 0 Å². The van der Waals surface area contributed by atoms with Crippen molar-refractivity contribution in [2.45, 2.75) is 13.3 Å². The highest BCUT2D eigenvalue weighted by molar-refractivity contribution is 6.52. The molecule has 1 amide bonds. The molecule has 1 aromatic rings. The number of benzene rings is 1. The van der Waals surface area contributed by atoms with Gasteiger partial charge in [0.2, 0.25) is 0 Å². The first-order valence-electron chi connectivity index (χ1n) is 5.33. The highest BCUT2D eigenvalue weighted by Gasteiger charge is 2.41. The smallest absolute Gasteiger partial charge is 0.298 e. The van der Waals surface area contributed by atoms with Crippen LogP contribution >= 0.6 is 0 Å². The summed E-state index contributed by atoms with van der Waals surface area (Å²) in [7, 11) is 0. The molecule has 94 valence electrons. The van der Waals surface area contributed by atoms with Crippen molar-refractivity contribution in [2.24, 2.45) is 0 Å². The highest BCUT2D eigenvalue weighted by atomic mass is 19.1. The molecule has 0 atom stereocenters. The second kappa shape index (κ2) is 4.29. The van der Waals surface area contributed by atoms with Gasteiger partial charge in [-0.15, -0.1) is 0 Å². The zero-order chi connectivity index (χ0) is 13.4. The molecule has 1 aromatic carbocycles. The van der Waals surface area contributed by atoms with E-state index in [4.69, 9.17) is 0 Å². The second-order valence-electron chi connectivity index (χ2n) is 3.87. The van der Waals surface area contributed by atoms with Gasteiger partial charge in [-0.1, -0.05) is 6.92 Å². The van der Waals surface area contributed by atoms with Gasteiger partial charge in [-0.2, -0.15) is 0 Å². The Bertz CT molecular complexity index is 569. The first-order valence-corrected chi connectivity index (χ1v) is 5.33. The van der Waals surface area contributed by atoms with E-state index in [2.05, 4.69) is 0 Å². The molecule has 18 heavy (non-hydrogen) atoms. The van der Waals surface area contributed by atoms with Crippen molar-refractivity contribution in [2.75, 3.05) is 11.4 Å². The first-order chi connectivity index (χ1) is 8.47. The number of nitrogens with zero attached hydrogens (tertiary/aromatic N) is 1. The average Bonchev–Trinajstić information content (AvgIpc) is 2.60. The third kappa shape index (κ3) is 1.70. The summed E-state index contributed by atoms with van der Waals surface area (Å²) in [6.45, 7) is 1.15. The number of rotatable bonds is 3. The third-order valence-corrected chi connectivity index (χ3v) is 2.74. The number of carbonyl (C=O) groups excluding carboxylic acids is 3. The molecule has 1 heterocycles. The van der Waals surface area contributed by atoms with Crippen molar-refractivity contribution >= 4 is 23.2 Å². The Morgan fingerprint density at radius 2 is 1.83 bits per heavy atom. The van der Waals surface area contributed by atoms with Gasteiger partial charge in [0.05, 0.1) is 17.8 Å².